The van der Waals surface area contributed by atoms with Crippen LogP contribution in [0.3, 0.4) is 0 Å². The number of nitrogens with two attached hydrogens (primary N) is 1. The summed E-state index contributed by atoms with van der Waals surface area (Å²) < 4.78 is 19.8. The van der Waals surface area contributed by atoms with E-state index >= 15 is 0 Å². The van der Waals surface area contributed by atoms with Crippen molar-refractivity contribution in [2.24, 2.45) is 5.73 Å². The Bertz CT molecular complexity index is 646. The van der Waals surface area contributed by atoms with Crippen molar-refractivity contribution < 1.29 is 9.13 Å². The molecule has 2 nitrogen and oxygen atoms in total. The van der Waals surface area contributed by atoms with Gasteiger partial charge in [0.1, 0.15) is 5.82 Å². The number of benzene rings is 2. The zero-order valence-corrected chi connectivity index (χ0v) is 13.1. The second-order valence-corrected chi connectivity index (χ2v) is 6.17. The van der Waals surface area contributed by atoms with Crippen molar-refractivity contribution in [1.82, 2.24) is 0 Å². The maximum atomic E-state index is 13.2. The lowest BCUT2D eigenvalue weighted by molar-refractivity contribution is 0.0319. The Hall–Kier alpha value is -1.23. The maximum Gasteiger partial charge on any atom is 0.124 e. The first-order valence-corrected chi connectivity index (χ1v) is 7.84. The van der Waals surface area contributed by atoms with Gasteiger partial charge in [-0.3, -0.25) is 0 Å². The Balaban J connectivity index is 1.81. The summed E-state index contributed by atoms with van der Waals surface area (Å²) in [6.45, 7) is 0.721. The van der Waals surface area contributed by atoms with Gasteiger partial charge in [-0.1, -0.05) is 46.3 Å². The standard InChI is InChI=1S/C17H17BrFNO/c18-15-9-12(19)5-6-14(15)16(20)10-17-13-4-2-1-3-11(13)7-8-21-17/h1-6,9,16-17H,7-8,10,20H2. The lowest BCUT2D eigenvalue weighted by Crippen LogP contribution is -2.21. The largest absolute Gasteiger partial charge is 0.373 e. The van der Waals surface area contributed by atoms with Gasteiger partial charge in [0.25, 0.3) is 0 Å². The van der Waals surface area contributed by atoms with Crippen LogP contribution >= 0.6 is 15.9 Å². The van der Waals surface area contributed by atoms with Gasteiger partial charge >= 0.3 is 0 Å². The highest BCUT2D eigenvalue weighted by Gasteiger charge is 2.24. The maximum absolute atomic E-state index is 13.2. The first-order valence-electron chi connectivity index (χ1n) is 7.05. The van der Waals surface area contributed by atoms with Gasteiger partial charge in [-0.05, 0) is 41.7 Å². The van der Waals surface area contributed by atoms with Gasteiger partial charge in [0.05, 0.1) is 12.7 Å². The molecule has 0 spiro atoms. The molecule has 0 fully saturated rings. The molecule has 2 aromatic carbocycles. The summed E-state index contributed by atoms with van der Waals surface area (Å²) in [5.74, 6) is -0.267. The summed E-state index contributed by atoms with van der Waals surface area (Å²) in [7, 11) is 0. The van der Waals surface area contributed by atoms with Crippen molar-refractivity contribution in [3.63, 3.8) is 0 Å². The number of fused-ring (bicyclic) bond motifs is 1. The van der Waals surface area contributed by atoms with Crippen molar-refractivity contribution in [2.75, 3.05) is 6.61 Å². The van der Waals surface area contributed by atoms with E-state index < -0.39 is 0 Å². The average molecular weight is 350 g/mol. The first-order chi connectivity index (χ1) is 10.1. The van der Waals surface area contributed by atoms with Gasteiger partial charge in [0, 0.05) is 10.5 Å². The molecule has 0 bridgehead atoms. The third-order valence-electron chi connectivity index (χ3n) is 3.92. The van der Waals surface area contributed by atoms with Crippen molar-refractivity contribution >= 4 is 15.9 Å². The molecule has 1 aliphatic heterocycles. The van der Waals surface area contributed by atoms with E-state index in [-0.39, 0.29) is 18.0 Å². The lowest BCUT2D eigenvalue weighted by Gasteiger charge is -2.28. The zero-order valence-electron chi connectivity index (χ0n) is 11.6. The van der Waals surface area contributed by atoms with Crippen molar-refractivity contribution in [3.8, 4) is 0 Å². The monoisotopic (exact) mass is 349 g/mol. The van der Waals surface area contributed by atoms with Gasteiger partial charge < -0.3 is 10.5 Å². The van der Waals surface area contributed by atoms with Crippen molar-refractivity contribution in [1.29, 1.82) is 0 Å². The molecule has 1 heterocycles. The fraction of sp³-hybridized carbons (Fsp3) is 0.294. The molecule has 0 saturated carbocycles. The van der Waals surface area contributed by atoms with Crippen molar-refractivity contribution in [3.05, 3.63) is 69.4 Å². The molecule has 2 unspecified atom stereocenters. The van der Waals surface area contributed by atoms with E-state index in [1.165, 1.54) is 23.3 Å². The van der Waals surface area contributed by atoms with Crippen LogP contribution in [0.25, 0.3) is 0 Å². The Morgan fingerprint density at radius 2 is 2.10 bits per heavy atom. The molecule has 1 aliphatic rings. The van der Waals surface area contributed by atoms with Gasteiger partial charge in [-0.2, -0.15) is 0 Å². The molecule has 4 heteroatoms. The number of halogens is 2. The minimum absolute atomic E-state index is 0.00176. The van der Waals surface area contributed by atoms with Gasteiger partial charge in [0.15, 0.2) is 0 Å². The van der Waals surface area contributed by atoms with Gasteiger partial charge in [0.2, 0.25) is 0 Å². The Kier molecular flexibility index (Phi) is 4.38. The topological polar surface area (TPSA) is 35.2 Å². The van der Waals surface area contributed by atoms with E-state index in [0.717, 1.165) is 18.6 Å². The Morgan fingerprint density at radius 1 is 1.29 bits per heavy atom. The number of hydrogen-bond acceptors (Lipinski definition) is 2. The summed E-state index contributed by atoms with van der Waals surface area (Å²) in [6.07, 6.45) is 1.63. The van der Waals surface area contributed by atoms with Crippen LogP contribution in [0.4, 0.5) is 4.39 Å². The van der Waals surface area contributed by atoms with Crippen LogP contribution in [0, 0.1) is 5.82 Å². The quantitative estimate of drug-likeness (QED) is 0.896. The average Bonchev–Trinajstić information content (AvgIpc) is 2.47. The Morgan fingerprint density at radius 3 is 2.90 bits per heavy atom. The lowest BCUT2D eigenvalue weighted by atomic mass is 9.92. The molecule has 110 valence electrons. The molecule has 0 aromatic heterocycles. The van der Waals surface area contributed by atoms with Gasteiger partial charge in [-0.15, -0.1) is 0 Å². The second kappa shape index (κ2) is 6.26. The normalized spacial score (nSPS) is 19.1. The molecule has 2 aromatic rings. The smallest absolute Gasteiger partial charge is 0.124 e. The van der Waals surface area contributed by atoms with Gasteiger partial charge in [-0.25, -0.2) is 4.39 Å². The highest BCUT2D eigenvalue weighted by molar-refractivity contribution is 9.10. The van der Waals surface area contributed by atoms with Crippen molar-refractivity contribution in [2.45, 2.75) is 25.0 Å². The van der Waals surface area contributed by atoms with E-state index in [4.69, 9.17) is 10.5 Å². The molecule has 0 aliphatic carbocycles. The SMILES string of the molecule is NC(CC1OCCc2ccccc21)c1ccc(F)cc1Br. The third kappa shape index (κ3) is 3.18. The van der Waals surface area contributed by atoms with Crippen LogP contribution < -0.4 is 5.73 Å². The highest BCUT2D eigenvalue weighted by Crippen LogP contribution is 2.35. The summed E-state index contributed by atoms with van der Waals surface area (Å²) in [4.78, 5) is 0. The van der Waals surface area contributed by atoms with Crippen LogP contribution in [0.15, 0.2) is 46.9 Å². The number of ether oxygens (including phenoxy) is 1. The fourth-order valence-electron chi connectivity index (χ4n) is 2.83. The molecule has 0 amide bonds. The zero-order chi connectivity index (χ0) is 14.8. The molecule has 2 atom stereocenters. The predicted octanol–water partition coefficient (Wildman–Crippen LogP) is 4.29. The minimum Gasteiger partial charge on any atom is -0.373 e. The third-order valence-corrected chi connectivity index (χ3v) is 4.61. The second-order valence-electron chi connectivity index (χ2n) is 5.32. The van der Waals surface area contributed by atoms with Crippen LogP contribution in [0.2, 0.25) is 0 Å². The van der Waals surface area contributed by atoms with Crippen LogP contribution in [-0.2, 0) is 11.2 Å². The number of hydrogen-bond donors (Lipinski definition) is 1. The van der Waals surface area contributed by atoms with Crippen LogP contribution in [0.5, 0.6) is 0 Å². The molecule has 0 radical (unpaired) electrons. The van der Waals surface area contributed by atoms with Crippen LogP contribution in [-0.4, -0.2) is 6.61 Å². The van der Waals surface area contributed by atoms with E-state index in [0.29, 0.717) is 10.9 Å². The number of rotatable bonds is 3. The summed E-state index contributed by atoms with van der Waals surface area (Å²) in [5.41, 5.74) is 9.76. The molecular formula is C17H17BrFNO. The molecular weight excluding hydrogens is 333 g/mol. The van der Waals surface area contributed by atoms with E-state index in [1.807, 2.05) is 6.07 Å². The summed E-state index contributed by atoms with van der Waals surface area (Å²) in [6, 6.07) is 12.8. The summed E-state index contributed by atoms with van der Waals surface area (Å²) in [5, 5.41) is 0. The molecule has 2 N–H and O–H groups in total. The Labute approximate surface area is 132 Å². The van der Waals surface area contributed by atoms with Crippen LogP contribution in [0.1, 0.15) is 35.3 Å². The fourth-order valence-corrected chi connectivity index (χ4v) is 3.48. The molecule has 21 heavy (non-hydrogen) atoms. The van der Waals surface area contributed by atoms with E-state index in [2.05, 4.69) is 34.1 Å². The van der Waals surface area contributed by atoms with E-state index in [1.54, 1.807) is 6.07 Å². The predicted molar refractivity (Wildman–Crippen MR) is 84.5 cm³/mol. The first kappa shape index (κ1) is 14.7. The molecule has 0 saturated heterocycles. The summed E-state index contributed by atoms with van der Waals surface area (Å²) >= 11 is 3.38. The van der Waals surface area contributed by atoms with E-state index in [9.17, 15) is 4.39 Å². The molecule has 3 rings (SSSR count). The minimum atomic E-state index is -0.267. The highest BCUT2D eigenvalue weighted by atomic mass is 79.9.